The Bertz CT molecular complexity index is 1090. The maximum atomic E-state index is 11.0. The molecule has 0 atom stereocenters. The summed E-state index contributed by atoms with van der Waals surface area (Å²) in [5, 5.41) is 20.3. The minimum atomic E-state index is -0.455. The van der Waals surface area contributed by atoms with Crippen LogP contribution in [-0.4, -0.2) is 19.9 Å². The van der Waals surface area contributed by atoms with Gasteiger partial charge in [0.25, 0.3) is 5.69 Å². The van der Waals surface area contributed by atoms with Crippen LogP contribution in [0.3, 0.4) is 0 Å². The SMILES string of the molecule is O=[N+]([O-])c1cccc(Nc2nc(Nc3ccccc3)nc(Nc3ccccc3)n2)c1. The molecule has 0 bridgehead atoms. The Balaban J connectivity index is 1.65. The van der Waals surface area contributed by atoms with E-state index in [9.17, 15) is 10.1 Å². The molecule has 0 aliphatic heterocycles. The molecule has 1 heterocycles. The molecular formula is C21H17N7O2. The molecule has 0 radical (unpaired) electrons. The molecule has 9 heteroatoms. The fourth-order valence-corrected chi connectivity index (χ4v) is 2.67. The number of nitrogens with zero attached hydrogens (tertiary/aromatic N) is 4. The summed E-state index contributed by atoms with van der Waals surface area (Å²) in [6, 6.07) is 25.1. The number of aromatic nitrogens is 3. The lowest BCUT2D eigenvalue weighted by molar-refractivity contribution is -0.384. The minimum absolute atomic E-state index is 0.0284. The predicted octanol–water partition coefficient (Wildman–Crippen LogP) is 5.01. The Morgan fingerprint density at radius 2 is 1.03 bits per heavy atom. The Kier molecular flexibility index (Phi) is 5.43. The van der Waals surface area contributed by atoms with Crippen LogP contribution in [0.2, 0.25) is 0 Å². The van der Waals surface area contributed by atoms with E-state index in [2.05, 4.69) is 30.9 Å². The Morgan fingerprint density at radius 3 is 1.50 bits per heavy atom. The molecule has 148 valence electrons. The number of benzene rings is 3. The molecule has 4 aromatic rings. The van der Waals surface area contributed by atoms with Crippen LogP contribution in [-0.2, 0) is 0 Å². The van der Waals surface area contributed by atoms with Gasteiger partial charge in [0.2, 0.25) is 17.8 Å². The minimum Gasteiger partial charge on any atom is -0.324 e. The normalized spacial score (nSPS) is 10.3. The molecule has 0 unspecified atom stereocenters. The van der Waals surface area contributed by atoms with Crippen molar-refractivity contribution in [2.45, 2.75) is 0 Å². The number of anilines is 6. The number of non-ortho nitro benzene ring substituents is 1. The zero-order chi connectivity index (χ0) is 20.8. The summed E-state index contributed by atoms with van der Waals surface area (Å²) in [6.07, 6.45) is 0. The maximum absolute atomic E-state index is 11.0. The first-order valence-corrected chi connectivity index (χ1v) is 9.07. The molecule has 4 rings (SSSR count). The smallest absolute Gasteiger partial charge is 0.271 e. The van der Waals surface area contributed by atoms with Crippen molar-refractivity contribution in [2.75, 3.05) is 16.0 Å². The third-order valence-electron chi connectivity index (χ3n) is 4.01. The van der Waals surface area contributed by atoms with Gasteiger partial charge in [0, 0.05) is 29.2 Å². The van der Waals surface area contributed by atoms with E-state index in [0.717, 1.165) is 11.4 Å². The van der Waals surface area contributed by atoms with Crippen molar-refractivity contribution in [3.8, 4) is 0 Å². The standard InChI is InChI=1S/C21H17N7O2/c29-28(30)18-13-7-12-17(14-18)24-21-26-19(22-15-8-3-1-4-9-15)25-20(27-21)23-16-10-5-2-6-11-16/h1-14H,(H3,22,23,24,25,26,27). The van der Waals surface area contributed by atoms with Crippen LogP contribution in [0.4, 0.5) is 40.6 Å². The van der Waals surface area contributed by atoms with Crippen molar-refractivity contribution in [3.05, 3.63) is 95.0 Å². The summed E-state index contributed by atoms with van der Waals surface area (Å²) in [4.78, 5) is 23.8. The van der Waals surface area contributed by atoms with Crippen molar-refractivity contribution < 1.29 is 4.92 Å². The zero-order valence-corrected chi connectivity index (χ0v) is 15.7. The average Bonchev–Trinajstić information content (AvgIpc) is 2.75. The number of hydrogen-bond donors (Lipinski definition) is 3. The van der Waals surface area contributed by atoms with Gasteiger partial charge in [-0.05, 0) is 30.3 Å². The predicted molar refractivity (Wildman–Crippen MR) is 116 cm³/mol. The van der Waals surface area contributed by atoms with E-state index in [4.69, 9.17) is 0 Å². The summed E-state index contributed by atoms with van der Waals surface area (Å²) < 4.78 is 0. The van der Waals surface area contributed by atoms with Crippen molar-refractivity contribution in [3.63, 3.8) is 0 Å². The molecule has 9 nitrogen and oxygen atoms in total. The lowest BCUT2D eigenvalue weighted by Gasteiger charge is -2.11. The second kappa shape index (κ2) is 8.65. The zero-order valence-electron chi connectivity index (χ0n) is 15.7. The number of rotatable bonds is 7. The van der Waals surface area contributed by atoms with Gasteiger partial charge >= 0.3 is 0 Å². The van der Waals surface area contributed by atoms with Gasteiger partial charge in [-0.2, -0.15) is 15.0 Å². The van der Waals surface area contributed by atoms with Crippen molar-refractivity contribution in [2.24, 2.45) is 0 Å². The molecule has 0 amide bonds. The quantitative estimate of drug-likeness (QED) is 0.293. The lowest BCUT2D eigenvalue weighted by Crippen LogP contribution is -2.07. The molecule has 0 aliphatic carbocycles. The largest absolute Gasteiger partial charge is 0.324 e. The van der Waals surface area contributed by atoms with Crippen LogP contribution in [0.15, 0.2) is 84.9 Å². The van der Waals surface area contributed by atoms with E-state index in [0.29, 0.717) is 17.6 Å². The summed E-state index contributed by atoms with van der Waals surface area (Å²) in [7, 11) is 0. The number of nitro benzene ring substituents is 1. The topological polar surface area (TPSA) is 118 Å². The van der Waals surface area contributed by atoms with Gasteiger partial charge < -0.3 is 16.0 Å². The van der Waals surface area contributed by atoms with Crippen molar-refractivity contribution in [1.82, 2.24) is 15.0 Å². The highest BCUT2D eigenvalue weighted by Gasteiger charge is 2.10. The third-order valence-corrected chi connectivity index (χ3v) is 4.01. The summed E-state index contributed by atoms with van der Waals surface area (Å²) >= 11 is 0. The first-order chi connectivity index (χ1) is 14.7. The van der Waals surface area contributed by atoms with E-state index < -0.39 is 4.92 Å². The van der Waals surface area contributed by atoms with Crippen LogP contribution < -0.4 is 16.0 Å². The highest BCUT2D eigenvalue weighted by molar-refractivity contribution is 5.63. The number of para-hydroxylation sites is 2. The van der Waals surface area contributed by atoms with Gasteiger partial charge in [-0.1, -0.05) is 42.5 Å². The van der Waals surface area contributed by atoms with Crippen LogP contribution >= 0.6 is 0 Å². The number of hydrogen-bond acceptors (Lipinski definition) is 8. The molecule has 0 saturated heterocycles. The first-order valence-electron chi connectivity index (χ1n) is 9.07. The van der Waals surface area contributed by atoms with E-state index >= 15 is 0 Å². The summed E-state index contributed by atoms with van der Waals surface area (Å²) in [5.74, 6) is 0.882. The van der Waals surface area contributed by atoms with Crippen LogP contribution in [0.25, 0.3) is 0 Å². The van der Waals surface area contributed by atoms with Gasteiger partial charge in [-0.25, -0.2) is 0 Å². The summed E-state index contributed by atoms with van der Waals surface area (Å²) in [5.41, 5.74) is 2.09. The molecular weight excluding hydrogens is 382 g/mol. The number of nitrogens with one attached hydrogen (secondary N) is 3. The van der Waals surface area contributed by atoms with E-state index in [1.54, 1.807) is 12.1 Å². The maximum Gasteiger partial charge on any atom is 0.271 e. The van der Waals surface area contributed by atoms with Gasteiger partial charge in [-0.15, -0.1) is 0 Å². The second-order valence-corrected chi connectivity index (χ2v) is 6.22. The number of nitro groups is 1. The molecule has 0 saturated carbocycles. The lowest BCUT2D eigenvalue weighted by atomic mass is 10.3. The highest BCUT2D eigenvalue weighted by atomic mass is 16.6. The molecule has 0 aliphatic rings. The van der Waals surface area contributed by atoms with E-state index in [1.165, 1.54) is 12.1 Å². The first kappa shape index (κ1) is 18.8. The Hall–Kier alpha value is -4.53. The second-order valence-electron chi connectivity index (χ2n) is 6.22. The van der Waals surface area contributed by atoms with Crippen molar-refractivity contribution in [1.29, 1.82) is 0 Å². The Labute approximate surface area is 172 Å². The molecule has 3 aromatic carbocycles. The van der Waals surface area contributed by atoms with Gasteiger partial charge in [0.15, 0.2) is 0 Å². The van der Waals surface area contributed by atoms with Gasteiger partial charge in [-0.3, -0.25) is 10.1 Å². The molecule has 1 aromatic heterocycles. The van der Waals surface area contributed by atoms with Gasteiger partial charge in [0.05, 0.1) is 4.92 Å². The van der Waals surface area contributed by atoms with Crippen LogP contribution in [0.5, 0.6) is 0 Å². The fraction of sp³-hybridized carbons (Fsp3) is 0. The van der Waals surface area contributed by atoms with Crippen molar-refractivity contribution >= 4 is 40.6 Å². The molecule has 30 heavy (non-hydrogen) atoms. The molecule has 0 spiro atoms. The monoisotopic (exact) mass is 399 g/mol. The van der Waals surface area contributed by atoms with E-state index in [-0.39, 0.29) is 11.6 Å². The average molecular weight is 399 g/mol. The third kappa shape index (κ3) is 4.84. The van der Waals surface area contributed by atoms with Crippen LogP contribution in [0.1, 0.15) is 0 Å². The van der Waals surface area contributed by atoms with E-state index in [1.807, 2.05) is 60.7 Å². The highest BCUT2D eigenvalue weighted by Crippen LogP contribution is 2.23. The summed E-state index contributed by atoms with van der Waals surface area (Å²) in [6.45, 7) is 0. The molecule has 3 N–H and O–H groups in total. The molecule has 0 fully saturated rings. The fourth-order valence-electron chi connectivity index (χ4n) is 2.67. The van der Waals surface area contributed by atoms with Gasteiger partial charge in [0.1, 0.15) is 0 Å². The van der Waals surface area contributed by atoms with Crippen LogP contribution in [0, 0.1) is 10.1 Å². The Morgan fingerprint density at radius 1 is 0.600 bits per heavy atom.